The zero-order valence-corrected chi connectivity index (χ0v) is 17.9. The summed E-state index contributed by atoms with van der Waals surface area (Å²) in [4.78, 5) is 24.4. The van der Waals surface area contributed by atoms with Gasteiger partial charge >= 0.3 is 0 Å². The monoisotopic (exact) mass is 431 g/mol. The predicted octanol–water partition coefficient (Wildman–Crippen LogP) is 3.95. The molecule has 1 aliphatic rings. The van der Waals surface area contributed by atoms with Crippen molar-refractivity contribution in [3.8, 4) is 22.9 Å². The second-order valence-electron chi connectivity index (χ2n) is 7.60. The Bertz CT molecular complexity index is 1380. The number of hydrogen-bond donors (Lipinski definition) is 1. The number of pyridine rings is 1. The molecule has 1 fully saturated rings. The van der Waals surface area contributed by atoms with Gasteiger partial charge in [0.25, 0.3) is 0 Å². The van der Waals surface area contributed by atoms with Crippen LogP contribution in [0.4, 0.5) is 5.82 Å². The molecule has 156 valence electrons. The Balaban J connectivity index is 1.46. The minimum absolute atomic E-state index is 0.599. The fourth-order valence-corrected chi connectivity index (χ4v) is 4.66. The number of ether oxygens (including phenoxy) is 1. The number of anilines is 1. The zero-order chi connectivity index (χ0) is 20.8. The molecule has 0 spiro atoms. The Labute approximate surface area is 182 Å². The van der Waals surface area contributed by atoms with Crippen molar-refractivity contribution < 1.29 is 4.74 Å². The summed E-state index contributed by atoms with van der Waals surface area (Å²) in [6.45, 7) is 3.35. The van der Waals surface area contributed by atoms with Gasteiger partial charge in [-0.2, -0.15) is 0 Å². The van der Waals surface area contributed by atoms with Gasteiger partial charge in [-0.1, -0.05) is 0 Å². The smallest absolute Gasteiger partial charge is 0.159 e. The molecule has 1 saturated heterocycles. The highest BCUT2D eigenvalue weighted by atomic mass is 32.1. The van der Waals surface area contributed by atoms with Crippen LogP contribution >= 0.6 is 11.3 Å². The Morgan fingerprint density at radius 1 is 1.16 bits per heavy atom. The van der Waals surface area contributed by atoms with E-state index in [1.807, 2.05) is 24.0 Å². The number of aromatic nitrogens is 6. The Kier molecular flexibility index (Phi) is 4.43. The van der Waals surface area contributed by atoms with E-state index in [2.05, 4.69) is 47.6 Å². The fraction of sp³-hybridized carbons (Fsp3) is 0.273. The van der Waals surface area contributed by atoms with Gasteiger partial charge in [0, 0.05) is 38.5 Å². The largest absolute Gasteiger partial charge is 0.383 e. The lowest BCUT2D eigenvalue weighted by molar-refractivity contribution is 0.188. The summed E-state index contributed by atoms with van der Waals surface area (Å²) < 4.78 is 8.72. The van der Waals surface area contributed by atoms with Gasteiger partial charge in [-0.05, 0) is 30.7 Å². The summed E-state index contributed by atoms with van der Waals surface area (Å²) in [7, 11) is 1.72. The van der Waals surface area contributed by atoms with Gasteiger partial charge in [0.15, 0.2) is 11.6 Å². The summed E-state index contributed by atoms with van der Waals surface area (Å²) in [5.41, 5.74) is 6.71. The molecule has 1 aliphatic heterocycles. The molecule has 0 radical (unpaired) electrons. The third kappa shape index (κ3) is 3.08. The normalized spacial score (nSPS) is 13.9. The van der Waals surface area contributed by atoms with Crippen molar-refractivity contribution in [2.24, 2.45) is 0 Å². The first kappa shape index (κ1) is 18.5. The van der Waals surface area contributed by atoms with Crippen LogP contribution in [0.1, 0.15) is 6.42 Å². The molecule has 9 heteroatoms. The van der Waals surface area contributed by atoms with Gasteiger partial charge in [-0.3, -0.25) is 0 Å². The average Bonchev–Trinajstić information content (AvgIpc) is 3.48. The first-order valence-corrected chi connectivity index (χ1v) is 11.2. The molecular weight excluding hydrogens is 410 g/mol. The number of hydrogen-bond acceptors (Lipinski definition) is 7. The van der Waals surface area contributed by atoms with Crippen LogP contribution in [0.3, 0.4) is 0 Å². The van der Waals surface area contributed by atoms with Crippen LogP contribution in [-0.2, 0) is 11.3 Å². The third-order valence-electron chi connectivity index (χ3n) is 5.74. The van der Waals surface area contributed by atoms with Gasteiger partial charge < -0.3 is 19.2 Å². The second-order valence-corrected chi connectivity index (χ2v) is 8.49. The van der Waals surface area contributed by atoms with Crippen LogP contribution in [0.15, 0.2) is 42.2 Å². The molecule has 5 aromatic rings. The summed E-state index contributed by atoms with van der Waals surface area (Å²) >= 11 is 1.64. The second kappa shape index (κ2) is 7.44. The quantitative estimate of drug-likeness (QED) is 0.438. The molecule has 0 amide bonds. The topological polar surface area (TPSA) is 84.8 Å². The first-order valence-electron chi connectivity index (χ1n) is 10.3. The van der Waals surface area contributed by atoms with Crippen molar-refractivity contribution in [3.63, 3.8) is 0 Å². The average molecular weight is 432 g/mol. The molecule has 0 bridgehead atoms. The molecule has 4 aromatic heterocycles. The number of methoxy groups -OCH3 is 1. The van der Waals surface area contributed by atoms with Crippen LogP contribution in [0.5, 0.6) is 0 Å². The Hall–Kier alpha value is -3.30. The van der Waals surface area contributed by atoms with Crippen LogP contribution in [0, 0.1) is 0 Å². The molecule has 1 aromatic carbocycles. The van der Waals surface area contributed by atoms with E-state index in [1.54, 1.807) is 18.4 Å². The molecule has 6 rings (SSSR count). The van der Waals surface area contributed by atoms with Crippen molar-refractivity contribution in [2.75, 3.05) is 31.7 Å². The van der Waals surface area contributed by atoms with Crippen molar-refractivity contribution >= 4 is 38.4 Å². The molecule has 0 atom stereocenters. The van der Waals surface area contributed by atoms with Gasteiger partial charge in [0.1, 0.15) is 17.0 Å². The van der Waals surface area contributed by atoms with E-state index in [1.165, 1.54) is 11.1 Å². The van der Waals surface area contributed by atoms with E-state index in [-0.39, 0.29) is 0 Å². The number of nitrogens with one attached hydrogen (secondary N) is 1. The van der Waals surface area contributed by atoms with E-state index in [4.69, 9.17) is 9.72 Å². The third-order valence-corrected chi connectivity index (χ3v) is 6.55. The molecule has 1 N–H and O–H groups in total. The number of aromatic amines is 1. The Morgan fingerprint density at radius 2 is 2.10 bits per heavy atom. The summed E-state index contributed by atoms with van der Waals surface area (Å²) in [6.07, 6.45) is 4.91. The number of rotatable bonds is 6. The van der Waals surface area contributed by atoms with Crippen LogP contribution in [0.25, 0.3) is 44.2 Å². The van der Waals surface area contributed by atoms with Gasteiger partial charge in [0.2, 0.25) is 0 Å². The highest BCUT2D eigenvalue weighted by molar-refractivity contribution is 7.16. The highest BCUT2D eigenvalue weighted by Crippen LogP contribution is 2.32. The summed E-state index contributed by atoms with van der Waals surface area (Å²) in [5, 5.41) is 0. The molecule has 31 heavy (non-hydrogen) atoms. The molecular formula is C22H21N7OS. The highest BCUT2D eigenvalue weighted by Gasteiger charge is 2.23. The molecule has 5 heterocycles. The van der Waals surface area contributed by atoms with E-state index in [0.29, 0.717) is 13.2 Å². The SMILES string of the molecule is COCCn1c(-c2cnc(-c3ccc4scnc4c3)[nH]2)nc2c(N3CCC3)nccc21. The van der Waals surface area contributed by atoms with Crippen LogP contribution < -0.4 is 4.90 Å². The molecule has 0 aliphatic carbocycles. The van der Waals surface area contributed by atoms with E-state index in [0.717, 1.165) is 58.4 Å². The standard InChI is InChI=1S/C22H21N7OS/c1-30-10-9-29-17-5-6-23-22(28-7-2-8-28)19(17)27-21(29)16-12-24-20(26-16)14-3-4-18-15(11-14)25-13-31-18/h3-6,11-13H,2,7-10H2,1H3,(H,24,26). The van der Waals surface area contributed by atoms with Crippen molar-refractivity contribution in [1.29, 1.82) is 0 Å². The van der Waals surface area contributed by atoms with Crippen LogP contribution in [0.2, 0.25) is 0 Å². The minimum atomic E-state index is 0.599. The van der Waals surface area contributed by atoms with Crippen LogP contribution in [-0.4, -0.2) is 56.3 Å². The summed E-state index contributed by atoms with van der Waals surface area (Å²) in [5.74, 6) is 2.60. The number of fused-ring (bicyclic) bond motifs is 2. The lowest BCUT2D eigenvalue weighted by atomic mass is 10.2. The van der Waals surface area contributed by atoms with Gasteiger partial charge in [-0.15, -0.1) is 11.3 Å². The van der Waals surface area contributed by atoms with E-state index in [9.17, 15) is 0 Å². The maximum absolute atomic E-state index is 5.37. The Morgan fingerprint density at radius 3 is 2.94 bits per heavy atom. The van der Waals surface area contributed by atoms with E-state index < -0.39 is 0 Å². The maximum atomic E-state index is 5.37. The van der Waals surface area contributed by atoms with Gasteiger partial charge in [-0.25, -0.2) is 19.9 Å². The maximum Gasteiger partial charge on any atom is 0.159 e. The number of nitrogens with zero attached hydrogens (tertiary/aromatic N) is 6. The number of benzene rings is 1. The lowest BCUT2D eigenvalue weighted by Gasteiger charge is -2.31. The zero-order valence-electron chi connectivity index (χ0n) is 17.1. The molecule has 0 unspecified atom stereocenters. The predicted molar refractivity (Wildman–Crippen MR) is 122 cm³/mol. The van der Waals surface area contributed by atoms with E-state index >= 15 is 0 Å². The minimum Gasteiger partial charge on any atom is -0.383 e. The number of thiazole rings is 1. The number of H-pyrrole nitrogens is 1. The first-order chi connectivity index (χ1) is 15.3. The lowest BCUT2D eigenvalue weighted by Crippen LogP contribution is -2.37. The molecule has 8 nitrogen and oxygen atoms in total. The van der Waals surface area contributed by atoms with Gasteiger partial charge in [0.05, 0.1) is 34.0 Å². The van der Waals surface area contributed by atoms with Crippen molar-refractivity contribution in [3.05, 3.63) is 42.2 Å². The summed E-state index contributed by atoms with van der Waals surface area (Å²) in [6, 6.07) is 8.25. The van der Waals surface area contributed by atoms with Crippen molar-refractivity contribution in [2.45, 2.75) is 13.0 Å². The fourth-order valence-electron chi connectivity index (χ4n) is 4.00. The number of imidazole rings is 2. The molecule has 0 saturated carbocycles. The van der Waals surface area contributed by atoms with Crippen molar-refractivity contribution in [1.82, 2.24) is 29.5 Å².